The van der Waals surface area contributed by atoms with Crippen molar-refractivity contribution in [2.45, 2.75) is 51.5 Å². The van der Waals surface area contributed by atoms with Crippen LogP contribution in [-0.4, -0.2) is 23.0 Å². The predicted octanol–water partition coefficient (Wildman–Crippen LogP) is 4.39. The number of nitrogens with zero attached hydrogens (tertiary/aromatic N) is 2. The third kappa shape index (κ3) is 3.38. The van der Waals surface area contributed by atoms with Crippen LogP contribution in [0.1, 0.15) is 50.6 Å². The molecule has 0 bridgehead atoms. The van der Waals surface area contributed by atoms with E-state index in [-0.39, 0.29) is 0 Å². The molecule has 0 unspecified atom stereocenters. The van der Waals surface area contributed by atoms with Gasteiger partial charge in [0.25, 0.3) is 0 Å². The Bertz CT molecular complexity index is 399. The summed E-state index contributed by atoms with van der Waals surface area (Å²) >= 11 is 3.44. The van der Waals surface area contributed by atoms with Crippen LogP contribution in [0.3, 0.4) is 0 Å². The number of halogens is 1. The lowest BCUT2D eigenvalue weighted by Gasteiger charge is -2.44. The molecule has 1 saturated carbocycles. The van der Waals surface area contributed by atoms with Gasteiger partial charge >= 0.3 is 0 Å². The summed E-state index contributed by atoms with van der Waals surface area (Å²) in [5.41, 5.74) is 1.91. The molecule has 1 spiro atoms. The van der Waals surface area contributed by atoms with Crippen molar-refractivity contribution >= 4 is 15.9 Å². The predicted molar refractivity (Wildman–Crippen MR) is 82.0 cm³/mol. The van der Waals surface area contributed by atoms with E-state index in [2.05, 4.69) is 37.9 Å². The average Bonchev–Trinajstić information content (AvgIpc) is 2.45. The quantitative estimate of drug-likeness (QED) is 0.802. The Labute approximate surface area is 124 Å². The normalized spacial score (nSPS) is 23.6. The molecule has 2 fully saturated rings. The number of pyridine rings is 1. The first-order chi connectivity index (χ1) is 9.26. The minimum atomic E-state index is 0.710. The summed E-state index contributed by atoms with van der Waals surface area (Å²) in [6.45, 7) is 3.54. The third-order valence-electron chi connectivity index (χ3n) is 5.01. The van der Waals surface area contributed by atoms with Gasteiger partial charge in [0.1, 0.15) is 0 Å². The molecule has 1 aromatic heterocycles. The fourth-order valence-corrected chi connectivity index (χ4v) is 3.95. The van der Waals surface area contributed by atoms with Gasteiger partial charge in [0.15, 0.2) is 0 Å². The molecule has 1 aromatic rings. The minimum absolute atomic E-state index is 0.710. The maximum atomic E-state index is 4.49. The van der Waals surface area contributed by atoms with E-state index in [1.165, 1.54) is 63.7 Å². The number of hydrogen-bond donors (Lipinski definition) is 0. The first-order valence-electron chi connectivity index (χ1n) is 7.59. The maximum Gasteiger partial charge on any atom is 0.0544 e. The van der Waals surface area contributed by atoms with Crippen molar-refractivity contribution in [2.24, 2.45) is 5.41 Å². The van der Waals surface area contributed by atoms with Gasteiger partial charge in [-0.1, -0.05) is 19.3 Å². The molecule has 1 aliphatic carbocycles. The fourth-order valence-electron chi connectivity index (χ4n) is 3.72. The molecule has 2 aliphatic rings. The van der Waals surface area contributed by atoms with E-state index in [0.717, 1.165) is 11.0 Å². The van der Waals surface area contributed by atoms with Gasteiger partial charge in [-0.3, -0.25) is 9.88 Å². The second-order valence-electron chi connectivity index (χ2n) is 6.30. The Morgan fingerprint density at radius 1 is 1.05 bits per heavy atom. The Kier molecular flexibility index (Phi) is 4.23. The van der Waals surface area contributed by atoms with Crippen molar-refractivity contribution in [1.82, 2.24) is 9.88 Å². The lowest BCUT2D eigenvalue weighted by molar-refractivity contribution is 0.0635. The second kappa shape index (κ2) is 5.92. The zero-order chi connectivity index (χ0) is 13.1. The molecule has 0 atom stereocenters. The summed E-state index contributed by atoms with van der Waals surface area (Å²) in [5, 5.41) is 0. The standard InChI is InChI=1S/C16H23BrN2/c17-14-4-5-15(18-12-14)13-19-10-8-16(9-11-19)6-2-1-3-7-16/h4-5,12H,1-3,6-11,13H2. The Balaban J connectivity index is 1.54. The van der Waals surface area contributed by atoms with E-state index < -0.39 is 0 Å². The highest BCUT2D eigenvalue weighted by Gasteiger charge is 2.35. The van der Waals surface area contributed by atoms with Gasteiger partial charge in [-0.25, -0.2) is 0 Å². The number of hydrogen-bond acceptors (Lipinski definition) is 2. The first kappa shape index (κ1) is 13.6. The van der Waals surface area contributed by atoms with E-state index >= 15 is 0 Å². The lowest BCUT2D eigenvalue weighted by atomic mass is 9.68. The van der Waals surface area contributed by atoms with Crippen LogP contribution in [0.2, 0.25) is 0 Å². The Morgan fingerprint density at radius 3 is 2.42 bits per heavy atom. The highest BCUT2D eigenvalue weighted by Crippen LogP contribution is 2.44. The van der Waals surface area contributed by atoms with Crippen LogP contribution in [0.4, 0.5) is 0 Å². The molecule has 1 saturated heterocycles. The molecular weight excluding hydrogens is 300 g/mol. The zero-order valence-corrected chi connectivity index (χ0v) is 13.2. The Hall–Kier alpha value is -0.410. The van der Waals surface area contributed by atoms with Crippen molar-refractivity contribution in [2.75, 3.05) is 13.1 Å². The van der Waals surface area contributed by atoms with Crippen molar-refractivity contribution < 1.29 is 0 Å². The van der Waals surface area contributed by atoms with Gasteiger partial charge in [-0.15, -0.1) is 0 Å². The average molecular weight is 323 g/mol. The molecule has 2 heterocycles. The molecular formula is C16H23BrN2. The van der Waals surface area contributed by atoms with Crippen molar-refractivity contribution in [3.8, 4) is 0 Å². The van der Waals surface area contributed by atoms with Crippen LogP contribution >= 0.6 is 15.9 Å². The number of likely N-dealkylation sites (tertiary alicyclic amines) is 1. The SMILES string of the molecule is Brc1ccc(CN2CCC3(CCCCC3)CC2)nc1. The van der Waals surface area contributed by atoms with Crippen LogP contribution in [0.15, 0.2) is 22.8 Å². The summed E-state index contributed by atoms with van der Waals surface area (Å²) in [7, 11) is 0. The minimum Gasteiger partial charge on any atom is -0.297 e. The molecule has 0 aromatic carbocycles. The van der Waals surface area contributed by atoms with Crippen LogP contribution < -0.4 is 0 Å². The largest absolute Gasteiger partial charge is 0.297 e. The summed E-state index contributed by atoms with van der Waals surface area (Å²) in [4.78, 5) is 7.07. The molecule has 2 nitrogen and oxygen atoms in total. The molecule has 19 heavy (non-hydrogen) atoms. The highest BCUT2D eigenvalue weighted by molar-refractivity contribution is 9.10. The van der Waals surface area contributed by atoms with Crippen molar-refractivity contribution in [3.63, 3.8) is 0 Å². The third-order valence-corrected chi connectivity index (χ3v) is 5.47. The number of aromatic nitrogens is 1. The van der Waals surface area contributed by atoms with Gasteiger partial charge in [-0.05, 0) is 72.3 Å². The van der Waals surface area contributed by atoms with Crippen LogP contribution in [0.25, 0.3) is 0 Å². The molecule has 104 valence electrons. The van der Waals surface area contributed by atoms with Gasteiger partial charge < -0.3 is 0 Å². The fraction of sp³-hybridized carbons (Fsp3) is 0.688. The second-order valence-corrected chi connectivity index (χ2v) is 7.22. The van der Waals surface area contributed by atoms with E-state index in [4.69, 9.17) is 0 Å². The number of piperidine rings is 1. The molecule has 0 N–H and O–H groups in total. The summed E-state index contributed by atoms with van der Waals surface area (Å²) in [6.07, 6.45) is 12.1. The summed E-state index contributed by atoms with van der Waals surface area (Å²) in [6, 6.07) is 4.23. The van der Waals surface area contributed by atoms with E-state index in [9.17, 15) is 0 Å². The summed E-state index contributed by atoms with van der Waals surface area (Å²) < 4.78 is 1.07. The maximum absolute atomic E-state index is 4.49. The topological polar surface area (TPSA) is 16.1 Å². The van der Waals surface area contributed by atoms with Gasteiger partial charge in [0, 0.05) is 17.2 Å². The van der Waals surface area contributed by atoms with E-state index in [1.807, 2.05) is 6.20 Å². The molecule has 0 radical (unpaired) electrons. The number of rotatable bonds is 2. The van der Waals surface area contributed by atoms with E-state index in [1.54, 1.807) is 0 Å². The highest BCUT2D eigenvalue weighted by atomic mass is 79.9. The van der Waals surface area contributed by atoms with Gasteiger partial charge in [-0.2, -0.15) is 0 Å². The van der Waals surface area contributed by atoms with Crippen molar-refractivity contribution in [3.05, 3.63) is 28.5 Å². The molecule has 3 rings (SSSR count). The van der Waals surface area contributed by atoms with Crippen LogP contribution in [0.5, 0.6) is 0 Å². The monoisotopic (exact) mass is 322 g/mol. The summed E-state index contributed by atoms with van der Waals surface area (Å²) in [5.74, 6) is 0. The molecule has 1 aliphatic heterocycles. The first-order valence-corrected chi connectivity index (χ1v) is 8.38. The molecule has 3 heteroatoms. The van der Waals surface area contributed by atoms with Crippen LogP contribution in [0, 0.1) is 5.41 Å². The van der Waals surface area contributed by atoms with Crippen molar-refractivity contribution in [1.29, 1.82) is 0 Å². The van der Waals surface area contributed by atoms with Crippen LogP contribution in [-0.2, 0) is 6.54 Å². The smallest absolute Gasteiger partial charge is 0.0544 e. The van der Waals surface area contributed by atoms with Gasteiger partial charge in [0.2, 0.25) is 0 Å². The van der Waals surface area contributed by atoms with Gasteiger partial charge in [0.05, 0.1) is 5.69 Å². The van der Waals surface area contributed by atoms with E-state index in [0.29, 0.717) is 5.41 Å². The molecule has 0 amide bonds. The lowest BCUT2D eigenvalue weighted by Crippen LogP contribution is -2.40. The zero-order valence-electron chi connectivity index (χ0n) is 11.6. The Morgan fingerprint density at radius 2 is 1.79 bits per heavy atom.